The third-order valence-electron chi connectivity index (χ3n) is 6.76. The van der Waals surface area contributed by atoms with E-state index in [9.17, 15) is 4.79 Å². The van der Waals surface area contributed by atoms with Crippen molar-refractivity contribution in [3.05, 3.63) is 64.8 Å². The van der Waals surface area contributed by atoms with Crippen molar-refractivity contribution in [1.29, 1.82) is 0 Å². The molecule has 5 rings (SSSR count). The average molecular weight is 434 g/mol. The number of hydrogen-bond donors (Lipinski definition) is 2. The highest BCUT2D eigenvalue weighted by Crippen LogP contribution is 2.45. The van der Waals surface area contributed by atoms with Crippen LogP contribution in [0.25, 0.3) is 10.9 Å². The highest BCUT2D eigenvalue weighted by Gasteiger charge is 2.30. The molecule has 4 nitrogen and oxygen atoms in total. The van der Waals surface area contributed by atoms with Crippen molar-refractivity contribution < 1.29 is 4.79 Å². The first-order valence-electron chi connectivity index (χ1n) is 11.5. The van der Waals surface area contributed by atoms with E-state index in [1.165, 1.54) is 71.6 Å². The summed E-state index contributed by atoms with van der Waals surface area (Å²) >= 11 is 1.39. The van der Waals surface area contributed by atoms with E-state index < -0.39 is 0 Å². The van der Waals surface area contributed by atoms with E-state index in [4.69, 9.17) is 0 Å². The van der Waals surface area contributed by atoms with Gasteiger partial charge >= 0.3 is 0 Å². The molecule has 1 aliphatic carbocycles. The van der Waals surface area contributed by atoms with Gasteiger partial charge in [0.05, 0.1) is 0 Å². The van der Waals surface area contributed by atoms with Crippen LogP contribution < -0.4 is 4.72 Å². The van der Waals surface area contributed by atoms with Crippen LogP contribution in [0.2, 0.25) is 0 Å². The molecule has 2 aliphatic rings. The van der Waals surface area contributed by atoms with E-state index in [1.807, 2.05) is 0 Å². The number of hydrogen-bond acceptors (Lipinski definition) is 3. The number of aryl methyl sites for hydroxylation is 1. The fourth-order valence-electron chi connectivity index (χ4n) is 5.08. The van der Waals surface area contributed by atoms with Gasteiger partial charge in [-0.25, -0.2) is 0 Å². The molecule has 2 heterocycles. The maximum absolute atomic E-state index is 11.2. The summed E-state index contributed by atoms with van der Waals surface area (Å²) in [6.07, 6.45) is 8.52. The Morgan fingerprint density at radius 1 is 1.16 bits per heavy atom. The molecule has 1 amide bonds. The van der Waals surface area contributed by atoms with Crippen molar-refractivity contribution in [2.75, 3.05) is 6.54 Å². The molecule has 0 bridgehead atoms. The lowest BCUT2D eigenvalue weighted by molar-refractivity contribution is -0.117. The number of carbonyl (C=O) groups excluding carboxylic acids is 1. The van der Waals surface area contributed by atoms with E-state index in [-0.39, 0.29) is 5.91 Å². The van der Waals surface area contributed by atoms with E-state index >= 15 is 0 Å². The van der Waals surface area contributed by atoms with Gasteiger partial charge in [0, 0.05) is 41.5 Å². The van der Waals surface area contributed by atoms with Crippen molar-refractivity contribution in [2.24, 2.45) is 0 Å². The number of benzene rings is 2. The van der Waals surface area contributed by atoms with E-state index in [0.717, 1.165) is 23.9 Å². The number of aromatic nitrogens is 1. The first-order chi connectivity index (χ1) is 15.1. The van der Waals surface area contributed by atoms with Crippen molar-refractivity contribution >= 4 is 28.8 Å². The summed E-state index contributed by atoms with van der Waals surface area (Å²) in [5, 5.41) is 1.41. The third kappa shape index (κ3) is 4.39. The Morgan fingerprint density at radius 3 is 2.71 bits per heavy atom. The average Bonchev–Trinajstić information content (AvgIpc) is 3.50. The molecule has 2 aromatic carbocycles. The van der Waals surface area contributed by atoms with Crippen molar-refractivity contribution in [1.82, 2.24) is 14.6 Å². The number of piperidine rings is 1. The highest BCUT2D eigenvalue weighted by molar-refractivity contribution is 7.98. The SMILES string of the molecule is CC(=O)NSc1ccc(C2CCCCN2Cc2c(C3CC3)cc(C)c3[nH]ccc23)cc1. The Labute approximate surface area is 188 Å². The highest BCUT2D eigenvalue weighted by atomic mass is 32.2. The van der Waals surface area contributed by atoms with Crippen molar-refractivity contribution in [3.8, 4) is 0 Å². The van der Waals surface area contributed by atoms with Gasteiger partial charge in [-0.2, -0.15) is 0 Å². The number of aromatic amines is 1. The van der Waals surface area contributed by atoms with Crippen LogP contribution >= 0.6 is 11.9 Å². The Kier molecular flexibility index (Phi) is 5.81. The normalized spacial score (nSPS) is 19.6. The Bertz CT molecular complexity index is 1080. The second-order valence-electron chi connectivity index (χ2n) is 9.11. The number of nitrogens with zero attached hydrogens (tertiary/aromatic N) is 1. The lowest BCUT2D eigenvalue weighted by Crippen LogP contribution is -2.33. The molecule has 3 aromatic rings. The standard InChI is InChI=1S/C26H31N3OS/c1-17-15-23(19-6-7-19)24(22-12-13-27-26(17)22)16-29-14-4-3-5-25(29)20-8-10-21(11-9-20)31-28-18(2)30/h8-13,15,19,25,27H,3-7,14,16H2,1-2H3,(H,28,30). The molecule has 1 aliphatic heterocycles. The number of amides is 1. The van der Waals surface area contributed by atoms with E-state index in [0.29, 0.717) is 6.04 Å². The molecule has 162 valence electrons. The predicted molar refractivity (Wildman–Crippen MR) is 128 cm³/mol. The monoisotopic (exact) mass is 433 g/mol. The minimum atomic E-state index is -0.0202. The van der Waals surface area contributed by atoms with Gasteiger partial charge in [0.1, 0.15) is 0 Å². The molecule has 1 unspecified atom stereocenters. The Morgan fingerprint density at radius 2 is 1.97 bits per heavy atom. The second-order valence-corrected chi connectivity index (χ2v) is 9.99. The van der Waals surface area contributed by atoms with Crippen molar-refractivity contribution in [2.45, 2.75) is 69.4 Å². The molecule has 2 N–H and O–H groups in total. The van der Waals surface area contributed by atoms with E-state index in [2.05, 4.69) is 64.1 Å². The van der Waals surface area contributed by atoms with Crippen molar-refractivity contribution in [3.63, 3.8) is 0 Å². The molecule has 1 saturated heterocycles. The molecule has 0 spiro atoms. The van der Waals surface area contributed by atoms with Crippen LogP contribution in [0.5, 0.6) is 0 Å². The molecule has 5 heteroatoms. The third-order valence-corrected chi connectivity index (χ3v) is 7.65. The summed E-state index contributed by atoms with van der Waals surface area (Å²) in [5.74, 6) is 0.731. The fraction of sp³-hybridized carbons (Fsp3) is 0.423. The number of likely N-dealkylation sites (tertiary alicyclic amines) is 1. The molecule has 2 fully saturated rings. The van der Waals surface area contributed by atoms with Crippen LogP contribution in [0.1, 0.15) is 73.2 Å². The molecule has 1 atom stereocenters. The van der Waals surface area contributed by atoms with Crippen LogP contribution in [-0.2, 0) is 11.3 Å². The number of nitrogens with one attached hydrogen (secondary N) is 2. The number of H-pyrrole nitrogens is 1. The van der Waals surface area contributed by atoms with Gasteiger partial charge in [-0.05, 0) is 97.5 Å². The van der Waals surface area contributed by atoms with Crippen LogP contribution in [0.4, 0.5) is 0 Å². The minimum absolute atomic E-state index is 0.0202. The molecule has 0 radical (unpaired) electrons. The van der Waals surface area contributed by atoms with Gasteiger partial charge < -0.3 is 4.98 Å². The lowest BCUT2D eigenvalue weighted by atomic mass is 9.92. The van der Waals surface area contributed by atoms with Crippen LogP contribution in [0, 0.1) is 6.92 Å². The first-order valence-corrected chi connectivity index (χ1v) is 12.3. The summed E-state index contributed by atoms with van der Waals surface area (Å²) in [7, 11) is 0. The van der Waals surface area contributed by atoms with Gasteiger partial charge in [-0.15, -0.1) is 0 Å². The second kappa shape index (κ2) is 8.71. The van der Waals surface area contributed by atoms with E-state index in [1.54, 1.807) is 12.5 Å². The van der Waals surface area contributed by atoms with Crippen LogP contribution in [-0.4, -0.2) is 22.3 Å². The topological polar surface area (TPSA) is 48.1 Å². The summed E-state index contributed by atoms with van der Waals surface area (Å²) < 4.78 is 2.81. The van der Waals surface area contributed by atoms with Gasteiger partial charge in [0.25, 0.3) is 0 Å². The number of carbonyl (C=O) groups is 1. The zero-order valence-corrected chi connectivity index (χ0v) is 19.2. The summed E-state index contributed by atoms with van der Waals surface area (Å²) in [4.78, 5) is 18.4. The summed E-state index contributed by atoms with van der Waals surface area (Å²) in [6.45, 7) is 5.95. The molecular weight excluding hydrogens is 402 g/mol. The number of fused-ring (bicyclic) bond motifs is 1. The summed E-state index contributed by atoms with van der Waals surface area (Å²) in [5.41, 5.74) is 7.17. The van der Waals surface area contributed by atoms with Gasteiger partial charge in [-0.1, -0.05) is 24.6 Å². The first kappa shape index (κ1) is 20.7. The largest absolute Gasteiger partial charge is 0.361 e. The zero-order valence-electron chi connectivity index (χ0n) is 18.4. The summed E-state index contributed by atoms with van der Waals surface area (Å²) in [6, 6.07) is 13.9. The minimum Gasteiger partial charge on any atom is -0.361 e. The predicted octanol–water partition coefficient (Wildman–Crippen LogP) is 6.22. The fourth-order valence-corrected chi connectivity index (χ4v) is 5.61. The maximum Gasteiger partial charge on any atom is 0.226 e. The lowest BCUT2D eigenvalue weighted by Gasteiger charge is -2.37. The Balaban J connectivity index is 1.42. The zero-order chi connectivity index (χ0) is 21.4. The smallest absolute Gasteiger partial charge is 0.226 e. The quantitative estimate of drug-likeness (QED) is 0.453. The van der Waals surface area contributed by atoms with Gasteiger partial charge in [0.2, 0.25) is 5.91 Å². The molecule has 1 saturated carbocycles. The van der Waals surface area contributed by atoms with Gasteiger partial charge in [-0.3, -0.25) is 14.4 Å². The van der Waals surface area contributed by atoms with Crippen LogP contribution in [0.3, 0.4) is 0 Å². The molecular formula is C26H31N3OS. The number of rotatable bonds is 6. The van der Waals surface area contributed by atoms with Gasteiger partial charge in [0.15, 0.2) is 0 Å². The maximum atomic E-state index is 11.2. The molecule has 31 heavy (non-hydrogen) atoms. The molecule has 1 aromatic heterocycles. The Hall–Kier alpha value is -2.24. The van der Waals surface area contributed by atoms with Crippen LogP contribution in [0.15, 0.2) is 47.5 Å².